The molecular formula is C15H20N4. The van der Waals surface area contributed by atoms with Crippen LogP contribution in [0.15, 0.2) is 36.9 Å². The number of anilines is 1. The Balaban J connectivity index is 1.80. The Labute approximate surface area is 113 Å². The van der Waals surface area contributed by atoms with Crippen molar-refractivity contribution in [1.82, 2.24) is 14.8 Å². The van der Waals surface area contributed by atoms with Gasteiger partial charge in [-0.15, -0.1) is 0 Å². The van der Waals surface area contributed by atoms with Crippen LogP contribution in [0.1, 0.15) is 38.5 Å². The smallest absolute Gasteiger partial charge is 0.138 e. The second kappa shape index (κ2) is 5.87. The van der Waals surface area contributed by atoms with Crippen molar-refractivity contribution in [1.29, 1.82) is 0 Å². The largest absolute Gasteiger partial charge is 0.381 e. The van der Waals surface area contributed by atoms with E-state index >= 15 is 0 Å². The fraction of sp³-hybridized carbons (Fsp3) is 0.467. The zero-order chi connectivity index (χ0) is 12.9. The average Bonchev–Trinajstić information content (AvgIpc) is 2.85. The first-order chi connectivity index (χ1) is 9.43. The minimum absolute atomic E-state index is 0.590. The summed E-state index contributed by atoms with van der Waals surface area (Å²) in [6.45, 7) is 0. The first-order valence-electron chi connectivity index (χ1n) is 7.14. The van der Waals surface area contributed by atoms with Crippen molar-refractivity contribution >= 4 is 5.69 Å². The molecule has 0 atom stereocenters. The fourth-order valence-electron chi connectivity index (χ4n) is 2.77. The summed E-state index contributed by atoms with van der Waals surface area (Å²) >= 11 is 0. The summed E-state index contributed by atoms with van der Waals surface area (Å²) in [7, 11) is 0. The molecule has 0 amide bonds. The number of hydrogen-bond donors (Lipinski definition) is 1. The molecule has 3 rings (SSSR count). The Morgan fingerprint density at radius 2 is 1.84 bits per heavy atom. The van der Waals surface area contributed by atoms with E-state index in [9.17, 15) is 0 Å². The van der Waals surface area contributed by atoms with E-state index in [4.69, 9.17) is 0 Å². The monoisotopic (exact) mass is 256 g/mol. The number of benzene rings is 1. The molecule has 0 radical (unpaired) electrons. The number of rotatable bonds is 3. The Hall–Kier alpha value is -1.84. The van der Waals surface area contributed by atoms with Crippen LogP contribution in [0.3, 0.4) is 0 Å². The van der Waals surface area contributed by atoms with Gasteiger partial charge in [-0.05, 0) is 25.0 Å². The third kappa shape index (κ3) is 2.95. The molecular weight excluding hydrogens is 236 g/mol. The van der Waals surface area contributed by atoms with Gasteiger partial charge in [-0.2, -0.15) is 5.10 Å². The summed E-state index contributed by atoms with van der Waals surface area (Å²) in [5.74, 6) is 0. The van der Waals surface area contributed by atoms with Crippen molar-refractivity contribution in [3.63, 3.8) is 0 Å². The maximum atomic E-state index is 4.22. The molecule has 0 bridgehead atoms. The Morgan fingerprint density at radius 3 is 2.58 bits per heavy atom. The highest BCUT2D eigenvalue weighted by atomic mass is 15.3. The lowest BCUT2D eigenvalue weighted by Crippen LogP contribution is -2.19. The summed E-state index contributed by atoms with van der Waals surface area (Å²) < 4.78 is 1.82. The van der Waals surface area contributed by atoms with Crippen LogP contribution in [0, 0.1) is 0 Å². The van der Waals surface area contributed by atoms with Crippen LogP contribution in [0.2, 0.25) is 0 Å². The van der Waals surface area contributed by atoms with Crippen molar-refractivity contribution in [2.75, 3.05) is 5.32 Å². The van der Waals surface area contributed by atoms with Gasteiger partial charge >= 0.3 is 0 Å². The van der Waals surface area contributed by atoms with Gasteiger partial charge < -0.3 is 5.32 Å². The molecule has 0 saturated heterocycles. The molecule has 1 N–H and O–H groups in total. The molecule has 1 aromatic carbocycles. The lowest BCUT2D eigenvalue weighted by Gasteiger charge is -2.19. The number of para-hydroxylation sites is 2. The third-order valence-electron chi connectivity index (χ3n) is 3.78. The first-order valence-corrected chi connectivity index (χ1v) is 7.14. The molecule has 19 heavy (non-hydrogen) atoms. The lowest BCUT2D eigenvalue weighted by molar-refractivity contribution is 0.619. The van der Waals surface area contributed by atoms with E-state index < -0.39 is 0 Å². The maximum absolute atomic E-state index is 4.22. The molecule has 4 heteroatoms. The van der Waals surface area contributed by atoms with E-state index in [1.54, 1.807) is 12.7 Å². The van der Waals surface area contributed by atoms with Gasteiger partial charge in [0.25, 0.3) is 0 Å². The second-order valence-electron chi connectivity index (χ2n) is 5.19. The van der Waals surface area contributed by atoms with E-state index in [0.29, 0.717) is 6.04 Å². The fourth-order valence-corrected chi connectivity index (χ4v) is 2.77. The molecule has 0 aliphatic heterocycles. The number of nitrogens with zero attached hydrogens (tertiary/aromatic N) is 3. The standard InChI is InChI=1S/C15H20N4/c1-2-4-8-13(7-3-1)18-14-9-5-6-10-15(14)19-12-16-11-17-19/h5-6,9-13,18H,1-4,7-8H2. The van der Waals surface area contributed by atoms with Crippen LogP contribution < -0.4 is 5.32 Å². The molecule has 1 aliphatic carbocycles. The molecule has 1 saturated carbocycles. The Kier molecular flexibility index (Phi) is 3.77. The predicted molar refractivity (Wildman–Crippen MR) is 76.5 cm³/mol. The zero-order valence-corrected chi connectivity index (χ0v) is 11.1. The van der Waals surface area contributed by atoms with Crippen LogP contribution in [-0.2, 0) is 0 Å². The minimum Gasteiger partial charge on any atom is -0.381 e. The zero-order valence-electron chi connectivity index (χ0n) is 11.1. The van der Waals surface area contributed by atoms with Crippen molar-refractivity contribution in [2.45, 2.75) is 44.6 Å². The molecule has 2 aromatic rings. The molecule has 4 nitrogen and oxygen atoms in total. The van der Waals surface area contributed by atoms with E-state index in [2.05, 4.69) is 33.6 Å². The highest BCUT2D eigenvalue weighted by molar-refractivity contribution is 5.60. The lowest BCUT2D eigenvalue weighted by atomic mass is 10.1. The van der Waals surface area contributed by atoms with Gasteiger partial charge in [-0.1, -0.05) is 37.8 Å². The summed E-state index contributed by atoms with van der Waals surface area (Å²) in [4.78, 5) is 4.03. The predicted octanol–water partition coefficient (Wildman–Crippen LogP) is 3.40. The summed E-state index contributed by atoms with van der Waals surface area (Å²) in [5, 5.41) is 7.91. The topological polar surface area (TPSA) is 42.7 Å². The van der Waals surface area contributed by atoms with E-state index in [1.165, 1.54) is 38.5 Å². The van der Waals surface area contributed by atoms with E-state index in [1.807, 2.05) is 10.7 Å². The molecule has 1 aromatic heterocycles. The van der Waals surface area contributed by atoms with E-state index in [0.717, 1.165) is 11.4 Å². The Morgan fingerprint density at radius 1 is 1.05 bits per heavy atom. The minimum atomic E-state index is 0.590. The van der Waals surface area contributed by atoms with Crippen molar-refractivity contribution in [3.8, 4) is 5.69 Å². The normalized spacial score (nSPS) is 17.1. The van der Waals surface area contributed by atoms with Crippen LogP contribution in [-0.4, -0.2) is 20.8 Å². The summed E-state index contributed by atoms with van der Waals surface area (Å²) in [6, 6.07) is 8.90. The van der Waals surface area contributed by atoms with Gasteiger partial charge in [-0.25, -0.2) is 9.67 Å². The summed E-state index contributed by atoms with van der Waals surface area (Å²) in [5.41, 5.74) is 2.23. The Bertz CT molecular complexity index is 499. The van der Waals surface area contributed by atoms with E-state index in [-0.39, 0.29) is 0 Å². The molecule has 1 aliphatic rings. The number of aromatic nitrogens is 3. The number of nitrogens with one attached hydrogen (secondary N) is 1. The third-order valence-corrected chi connectivity index (χ3v) is 3.78. The number of hydrogen-bond acceptors (Lipinski definition) is 3. The highest BCUT2D eigenvalue weighted by Gasteiger charge is 2.14. The maximum Gasteiger partial charge on any atom is 0.138 e. The van der Waals surface area contributed by atoms with Gasteiger partial charge in [0.2, 0.25) is 0 Å². The molecule has 100 valence electrons. The first kappa shape index (κ1) is 12.2. The SMILES string of the molecule is c1ccc(-n2cncn2)c(NC2CCCCCC2)c1. The van der Waals surface area contributed by atoms with Crippen molar-refractivity contribution in [2.24, 2.45) is 0 Å². The van der Waals surface area contributed by atoms with Gasteiger partial charge in [-0.3, -0.25) is 0 Å². The van der Waals surface area contributed by atoms with Crippen LogP contribution in [0.5, 0.6) is 0 Å². The molecule has 1 fully saturated rings. The molecule has 0 unspecified atom stereocenters. The summed E-state index contributed by atoms with van der Waals surface area (Å²) in [6.07, 6.45) is 11.3. The average molecular weight is 256 g/mol. The van der Waals surface area contributed by atoms with Gasteiger partial charge in [0.05, 0.1) is 11.4 Å². The quantitative estimate of drug-likeness (QED) is 0.856. The highest BCUT2D eigenvalue weighted by Crippen LogP contribution is 2.24. The van der Waals surface area contributed by atoms with Crippen LogP contribution in [0.4, 0.5) is 5.69 Å². The van der Waals surface area contributed by atoms with Crippen molar-refractivity contribution < 1.29 is 0 Å². The second-order valence-corrected chi connectivity index (χ2v) is 5.19. The molecule has 0 spiro atoms. The van der Waals surface area contributed by atoms with Crippen LogP contribution in [0.25, 0.3) is 5.69 Å². The van der Waals surface area contributed by atoms with Crippen molar-refractivity contribution in [3.05, 3.63) is 36.9 Å². The van der Waals surface area contributed by atoms with Gasteiger partial charge in [0, 0.05) is 6.04 Å². The van der Waals surface area contributed by atoms with Gasteiger partial charge in [0.15, 0.2) is 0 Å². The molecule has 1 heterocycles. The van der Waals surface area contributed by atoms with Crippen LogP contribution >= 0.6 is 0 Å². The van der Waals surface area contributed by atoms with Gasteiger partial charge in [0.1, 0.15) is 12.7 Å².